The van der Waals surface area contributed by atoms with Crippen LogP contribution in [0.3, 0.4) is 0 Å². The van der Waals surface area contributed by atoms with Crippen LogP contribution in [-0.4, -0.2) is 55.8 Å². The third-order valence-electron chi connectivity index (χ3n) is 6.91. The molecule has 0 aliphatic carbocycles. The largest absolute Gasteiger partial charge is 0.457 e. The molecule has 0 spiro atoms. The summed E-state index contributed by atoms with van der Waals surface area (Å²) in [7, 11) is 3.13. The maximum Gasteiger partial charge on any atom is 0.405 e. The molecule has 6 atom stereocenters. The van der Waals surface area contributed by atoms with Gasteiger partial charge in [-0.1, -0.05) is 48.0 Å². The summed E-state index contributed by atoms with van der Waals surface area (Å²) in [5.74, 6) is -0.477. The van der Waals surface area contributed by atoms with Crippen LogP contribution in [0, 0.1) is 11.8 Å². The number of ether oxygens (including phenoxy) is 4. The quantitative estimate of drug-likeness (QED) is 0.362. The van der Waals surface area contributed by atoms with Crippen LogP contribution in [0.4, 0.5) is 4.79 Å². The number of cyclic esters (lactones) is 1. The van der Waals surface area contributed by atoms with Crippen molar-refractivity contribution in [3.8, 4) is 0 Å². The lowest BCUT2D eigenvalue weighted by molar-refractivity contribution is -0.140. The molecule has 0 saturated carbocycles. The minimum Gasteiger partial charge on any atom is -0.457 e. The number of hydrogen-bond acceptors (Lipinski definition) is 7. The van der Waals surface area contributed by atoms with Crippen molar-refractivity contribution in [3.63, 3.8) is 0 Å². The van der Waals surface area contributed by atoms with E-state index in [-0.39, 0.29) is 18.4 Å². The minimum atomic E-state index is -0.916. The van der Waals surface area contributed by atoms with Crippen molar-refractivity contribution < 1.29 is 33.6 Å². The fourth-order valence-electron chi connectivity index (χ4n) is 4.91. The second-order valence-corrected chi connectivity index (χ2v) is 11.1. The Morgan fingerprint density at radius 1 is 1.11 bits per heavy atom. The van der Waals surface area contributed by atoms with Gasteiger partial charge >= 0.3 is 12.1 Å². The number of allylic oxidation sites excluding steroid dienone is 1. The zero-order chi connectivity index (χ0) is 28.4. The maximum absolute atomic E-state index is 12.6. The first-order chi connectivity index (χ1) is 17.9. The number of amides is 1. The Hall–Kier alpha value is -2.20. The summed E-state index contributed by atoms with van der Waals surface area (Å²) < 4.78 is 23.3. The van der Waals surface area contributed by atoms with Gasteiger partial charge in [-0.15, -0.1) is 0 Å². The first-order valence-corrected chi connectivity index (χ1v) is 13.7. The van der Waals surface area contributed by atoms with E-state index in [1.165, 1.54) is 7.11 Å². The molecule has 0 saturated heterocycles. The van der Waals surface area contributed by atoms with Gasteiger partial charge in [0.2, 0.25) is 0 Å². The molecule has 8 nitrogen and oxygen atoms in total. The van der Waals surface area contributed by atoms with Crippen molar-refractivity contribution >= 4 is 28.0 Å². The van der Waals surface area contributed by atoms with Gasteiger partial charge < -0.3 is 29.8 Å². The van der Waals surface area contributed by atoms with Gasteiger partial charge in [0, 0.05) is 30.2 Å². The average molecular weight is 597 g/mol. The van der Waals surface area contributed by atoms with Crippen LogP contribution in [-0.2, 0) is 36.8 Å². The highest BCUT2D eigenvalue weighted by Gasteiger charge is 2.30. The lowest BCUT2D eigenvalue weighted by Gasteiger charge is -2.30. The number of carbonyl (C=O) groups excluding carboxylic acids is 2. The monoisotopic (exact) mass is 595 g/mol. The molecule has 1 aromatic carbocycles. The summed E-state index contributed by atoms with van der Waals surface area (Å²) in [6.45, 7) is 7.70. The zero-order valence-electron chi connectivity index (χ0n) is 23.2. The highest BCUT2D eigenvalue weighted by Crippen LogP contribution is 2.26. The van der Waals surface area contributed by atoms with Crippen molar-refractivity contribution in [2.45, 2.75) is 84.4 Å². The molecule has 1 amide bonds. The molecule has 1 aliphatic rings. The molecule has 2 bridgehead atoms. The van der Waals surface area contributed by atoms with E-state index < -0.39 is 36.5 Å². The average Bonchev–Trinajstić information content (AvgIpc) is 2.85. The van der Waals surface area contributed by atoms with Crippen LogP contribution in [0.2, 0.25) is 0 Å². The Bertz CT molecular complexity index is 1010. The minimum absolute atomic E-state index is 0.154. The third-order valence-corrected chi connectivity index (χ3v) is 7.37. The summed E-state index contributed by atoms with van der Waals surface area (Å²) in [4.78, 5) is 24.3. The normalized spacial score (nSPS) is 31.2. The topological polar surface area (TPSA) is 117 Å². The van der Waals surface area contributed by atoms with E-state index in [0.717, 1.165) is 22.0 Å². The number of nitrogens with two attached hydrogens (primary N) is 1. The molecule has 9 heteroatoms. The number of aliphatic hydroxyl groups excluding tert-OH is 1. The number of esters is 1. The van der Waals surface area contributed by atoms with Gasteiger partial charge in [-0.25, -0.2) is 9.59 Å². The van der Waals surface area contributed by atoms with E-state index in [1.807, 2.05) is 32.1 Å². The second kappa shape index (κ2) is 15.4. The SMILES string of the molecule is CO[C@H]1C[C@H](C)Cc2cc(Br)cc(c2)COC(=O)/C(C)=C/CC[C@H](OC)[C@@H](OC(N)=O)/C(C)=C/[C@H](C)[C@H]1O. The van der Waals surface area contributed by atoms with E-state index in [0.29, 0.717) is 30.4 Å². The molecule has 3 N–H and O–H groups in total. The van der Waals surface area contributed by atoms with Crippen LogP contribution >= 0.6 is 15.9 Å². The van der Waals surface area contributed by atoms with Crippen molar-refractivity contribution in [2.24, 2.45) is 17.6 Å². The van der Waals surface area contributed by atoms with Crippen molar-refractivity contribution in [2.75, 3.05) is 14.2 Å². The fourth-order valence-corrected chi connectivity index (χ4v) is 5.50. The van der Waals surface area contributed by atoms with Gasteiger partial charge in [0.05, 0.1) is 18.3 Å². The maximum atomic E-state index is 12.6. The molecule has 1 aromatic rings. The summed E-state index contributed by atoms with van der Waals surface area (Å²) in [5, 5.41) is 11.2. The van der Waals surface area contributed by atoms with Crippen LogP contribution in [0.1, 0.15) is 58.1 Å². The summed E-state index contributed by atoms with van der Waals surface area (Å²) in [5.41, 5.74) is 8.55. The molecular formula is C29H42BrNO7. The van der Waals surface area contributed by atoms with Crippen molar-refractivity contribution in [3.05, 3.63) is 57.1 Å². The lowest BCUT2D eigenvalue weighted by atomic mass is 9.88. The van der Waals surface area contributed by atoms with Crippen LogP contribution < -0.4 is 5.73 Å². The predicted molar refractivity (Wildman–Crippen MR) is 149 cm³/mol. The number of benzene rings is 1. The number of primary amides is 1. The second-order valence-electron chi connectivity index (χ2n) is 10.2. The number of rotatable bonds is 3. The molecule has 212 valence electrons. The standard InChI is InChI=1S/C29H42BrNO7/c1-17-10-21-13-22(15-23(30)14-21)16-37-28(33)18(2)8-7-9-24(35-5)27(38-29(31)34)20(4)12-19(3)26(32)25(11-17)36-6/h8,12-15,17,19,24-27,32H,7,9-11,16H2,1-6H3,(H2,31,34)/b18-8+,20-12+/t17-,19+,24+,25+,26-,27+/m1/s1. The van der Waals surface area contributed by atoms with Gasteiger partial charge in [0.25, 0.3) is 0 Å². The fraction of sp³-hybridized carbons (Fsp3) is 0.586. The van der Waals surface area contributed by atoms with Crippen LogP contribution in [0.25, 0.3) is 0 Å². The summed E-state index contributed by atoms with van der Waals surface area (Å²) >= 11 is 3.57. The molecule has 0 aromatic heterocycles. The smallest absolute Gasteiger partial charge is 0.405 e. The zero-order valence-corrected chi connectivity index (χ0v) is 24.8. The Balaban J connectivity index is 2.43. The number of carbonyl (C=O) groups is 2. The van der Waals surface area contributed by atoms with E-state index in [2.05, 4.69) is 28.9 Å². The number of fused-ring (bicyclic) bond motifs is 2. The number of methoxy groups -OCH3 is 2. The first-order valence-electron chi connectivity index (χ1n) is 12.9. The number of aliphatic hydroxyl groups is 1. The first kappa shape index (κ1) is 32.0. The van der Waals surface area contributed by atoms with E-state index in [9.17, 15) is 14.7 Å². The number of hydrogen-bond donors (Lipinski definition) is 2. The number of halogens is 1. The third kappa shape index (κ3) is 9.84. The predicted octanol–water partition coefficient (Wildman–Crippen LogP) is 5.24. The van der Waals surface area contributed by atoms with Gasteiger partial charge in [0.1, 0.15) is 6.61 Å². The Morgan fingerprint density at radius 2 is 1.76 bits per heavy atom. The molecular weight excluding hydrogens is 554 g/mol. The molecule has 38 heavy (non-hydrogen) atoms. The molecule has 0 fully saturated rings. The molecule has 1 heterocycles. The highest BCUT2D eigenvalue weighted by atomic mass is 79.9. The van der Waals surface area contributed by atoms with E-state index in [1.54, 1.807) is 20.1 Å². The highest BCUT2D eigenvalue weighted by molar-refractivity contribution is 9.10. The molecule has 1 aliphatic heterocycles. The van der Waals surface area contributed by atoms with Crippen molar-refractivity contribution in [1.29, 1.82) is 0 Å². The Labute approximate surface area is 234 Å². The van der Waals surface area contributed by atoms with Crippen LogP contribution in [0.5, 0.6) is 0 Å². The van der Waals surface area contributed by atoms with Crippen LogP contribution in [0.15, 0.2) is 46.0 Å². The Morgan fingerprint density at radius 3 is 2.39 bits per heavy atom. The Kier molecular flexibility index (Phi) is 13.0. The lowest BCUT2D eigenvalue weighted by Crippen LogP contribution is -2.37. The van der Waals surface area contributed by atoms with Gasteiger partial charge in [0.15, 0.2) is 6.10 Å². The van der Waals surface area contributed by atoms with Gasteiger partial charge in [-0.3, -0.25) is 0 Å². The molecule has 0 radical (unpaired) electrons. The van der Waals surface area contributed by atoms with Gasteiger partial charge in [-0.05, 0) is 74.3 Å². The van der Waals surface area contributed by atoms with E-state index in [4.69, 9.17) is 24.7 Å². The summed E-state index contributed by atoms with van der Waals surface area (Å²) in [6.07, 6.45) is 2.68. The van der Waals surface area contributed by atoms with Crippen molar-refractivity contribution in [1.82, 2.24) is 0 Å². The van der Waals surface area contributed by atoms with Gasteiger partial charge in [-0.2, -0.15) is 0 Å². The summed E-state index contributed by atoms with van der Waals surface area (Å²) in [6, 6.07) is 6.03. The molecule has 0 unspecified atom stereocenters. The molecule has 2 rings (SSSR count). The van der Waals surface area contributed by atoms with E-state index >= 15 is 0 Å².